The number of hydrogen-bond acceptors (Lipinski definition) is 1. The van der Waals surface area contributed by atoms with E-state index in [4.69, 9.17) is 4.99 Å². The third-order valence-electron chi connectivity index (χ3n) is 14.4. The Morgan fingerprint density at radius 2 is 0.933 bits per heavy atom. The van der Waals surface area contributed by atoms with Crippen molar-refractivity contribution in [1.82, 2.24) is 14.0 Å². The van der Waals surface area contributed by atoms with Crippen LogP contribution in [0.2, 0.25) is 0 Å². The number of nitrogens with one attached hydrogen (secondary N) is 1. The van der Waals surface area contributed by atoms with Crippen molar-refractivity contribution in [2.24, 2.45) is 4.99 Å². The highest BCUT2D eigenvalue weighted by molar-refractivity contribution is 6.25. The molecular formula is C70H55N5. The van der Waals surface area contributed by atoms with Crippen molar-refractivity contribution in [3.63, 3.8) is 0 Å². The molecule has 0 bridgehead atoms. The molecule has 2 aromatic heterocycles. The third kappa shape index (κ3) is 9.28. The predicted molar refractivity (Wildman–Crippen MR) is 317 cm³/mol. The van der Waals surface area contributed by atoms with E-state index >= 15 is 0 Å². The number of amidine groups is 2. The van der Waals surface area contributed by atoms with E-state index in [1.807, 2.05) is 24.3 Å². The van der Waals surface area contributed by atoms with Gasteiger partial charge in [0.25, 0.3) is 0 Å². The van der Waals surface area contributed by atoms with Crippen molar-refractivity contribution in [1.29, 1.82) is 5.41 Å². The van der Waals surface area contributed by atoms with Crippen LogP contribution < -0.4 is 0 Å². The number of hydrogen-bond donors (Lipinski definition) is 1. The van der Waals surface area contributed by atoms with Crippen LogP contribution in [0.3, 0.4) is 0 Å². The number of benzene rings is 10. The van der Waals surface area contributed by atoms with Crippen LogP contribution >= 0.6 is 0 Å². The van der Waals surface area contributed by atoms with Crippen molar-refractivity contribution in [2.45, 2.75) is 12.8 Å². The summed E-state index contributed by atoms with van der Waals surface area (Å²) in [6.07, 6.45) is 6.47. The smallest absolute Gasteiger partial charge is 0.154 e. The minimum Gasteiger partial charge on any atom is -0.353 e. The maximum absolute atomic E-state index is 9.70. The van der Waals surface area contributed by atoms with Gasteiger partial charge in [0.05, 0.1) is 34.3 Å². The summed E-state index contributed by atoms with van der Waals surface area (Å²) in [4.78, 5) is 7.57. The first-order chi connectivity index (χ1) is 37.1. The minimum atomic E-state index is 0.184. The lowest BCUT2D eigenvalue weighted by Gasteiger charge is -2.27. The molecule has 0 unspecified atom stereocenters. The highest BCUT2D eigenvalue weighted by Crippen LogP contribution is 2.43. The molecule has 5 nitrogen and oxygen atoms in total. The van der Waals surface area contributed by atoms with Gasteiger partial charge in [-0.2, -0.15) is 0 Å². The van der Waals surface area contributed by atoms with Crippen LogP contribution in [0, 0.1) is 5.41 Å². The van der Waals surface area contributed by atoms with E-state index in [2.05, 4.69) is 270 Å². The second-order valence-electron chi connectivity index (χ2n) is 19.1. The van der Waals surface area contributed by atoms with E-state index in [9.17, 15) is 5.41 Å². The first kappa shape index (κ1) is 46.5. The van der Waals surface area contributed by atoms with Crippen molar-refractivity contribution < 1.29 is 0 Å². The second-order valence-corrected chi connectivity index (χ2v) is 19.1. The molecule has 1 N–H and O–H groups in total. The number of allylic oxidation sites excluding steroid dienone is 3. The molecule has 0 spiro atoms. The maximum Gasteiger partial charge on any atom is 0.154 e. The molecule has 5 heteroatoms. The maximum atomic E-state index is 9.70. The minimum absolute atomic E-state index is 0.184. The van der Waals surface area contributed by atoms with Gasteiger partial charge in [0.1, 0.15) is 5.84 Å². The summed E-state index contributed by atoms with van der Waals surface area (Å²) >= 11 is 0. The summed E-state index contributed by atoms with van der Waals surface area (Å²) in [5.74, 6) is 0.873. The van der Waals surface area contributed by atoms with Crippen molar-refractivity contribution in [3.8, 4) is 27.9 Å². The van der Waals surface area contributed by atoms with E-state index in [0.29, 0.717) is 12.4 Å². The number of rotatable bonds is 13. The van der Waals surface area contributed by atoms with E-state index in [1.165, 1.54) is 27.1 Å². The molecule has 0 radical (unpaired) electrons. The fraction of sp³-hybridized carbons (Fsp3) is 0.0571. The van der Waals surface area contributed by atoms with Gasteiger partial charge in [-0.15, -0.1) is 0 Å². The summed E-state index contributed by atoms with van der Waals surface area (Å²) in [6.45, 7) is 0.433. The monoisotopic (exact) mass is 965 g/mol. The molecule has 0 aliphatic carbocycles. The van der Waals surface area contributed by atoms with E-state index < -0.39 is 0 Å². The summed E-state index contributed by atoms with van der Waals surface area (Å²) < 4.78 is 4.99. The molecule has 360 valence electrons. The quantitative estimate of drug-likeness (QED) is 0.0699. The predicted octanol–water partition coefficient (Wildman–Crippen LogP) is 17.2. The molecule has 75 heavy (non-hydrogen) atoms. The van der Waals surface area contributed by atoms with Gasteiger partial charge >= 0.3 is 0 Å². The molecule has 2 heterocycles. The number of aromatic nitrogens is 2. The average Bonchev–Trinajstić information content (AvgIpc) is 4.06. The van der Waals surface area contributed by atoms with Crippen LogP contribution in [0.4, 0.5) is 0 Å². The number of aliphatic imine (C=N–C) groups is 1. The molecule has 0 aliphatic rings. The molecule has 0 fully saturated rings. The lowest BCUT2D eigenvalue weighted by Crippen LogP contribution is -2.31. The Hall–Kier alpha value is -9.58. The van der Waals surface area contributed by atoms with Crippen LogP contribution in [0.5, 0.6) is 0 Å². The molecule has 0 saturated carbocycles. The number of aryl methyl sites for hydroxylation is 1. The zero-order chi connectivity index (χ0) is 50.5. The van der Waals surface area contributed by atoms with Crippen molar-refractivity contribution >= 4 is 66.6 Å². The van der Waals surface area contributed by atoms with Gasteiger partial charge in [0, 0.05) is 51.0 Å². The number of para-hydroxylation sites is 3. The molecule has 0 atom stereocenters. The summed E-state index contributed by atoms with van der Waals surface area (Å²) in [7, 11) is 2.13. The van der Waals surface area contributed by atoms with Crippen LogP contribution in [-0.2, 0) is 6.42 Å². The second kappa shape index (κ2) is 20.9. The highest BCUT2D eigenvalue weighted by Gasteiger charge is 2.25. The molecule has 0 amide bonds. The average molecular weight is 966 g/mol. The van der Waals surface area contributed by atoms with E-state index in [0.717, 1.165) is 90.8 Å². The zero-order valence-electron chi connectivity index (χ0n) is 41.9. The summed E-state index contributed by atoms with van der Waals surface area (Å²) in [5.41, 5.74) is 16.4. The fourth-order valence-corrected chi connectivity index (χ4v) is 10.7. The van der Waals surface area contributed by atoms with Gasteiger partial charge in [-0.25, -0.2) is 4.99 Å². The van der Waals surface area contributed by atoms with Gasteiger partial charge in [0.15, 0.2) is 5.84 Å². The standard InChI is InChI=1S/C70H55N5/c1-73(70(57-45-41-54(42-46-57)52-28-11-4-12-29-52)72-69(71)56-43-39-53(40-44-56)51-26-9-3-10-27-51)49-66(59(55-30-13-5-14-31-55)34-18-17-25-50-23-7-2-8-24-50)75-65-38-22-20-36-61(65)63-48-47-62-60-35-19-21-37-64(60)74(67(62)68(63)75)58-32-15-6-16-33-58/h2-16,18-24,26-48,71H,17,25,49H2,1H3/b34-18-,66-59-,71-69?,72-70-. The summed E-state index contributed by atoms with van der Waals surface area (Å²) in [6, 6.07) is 92.3. The van der Waals surface area contributed by atoms with Crippen molar-refractivity contribution in [2.75, 3.05) is 13.6 Å². The Bertz CT molecular complexity index is 4060. The van der Waals surface area contributed by atoms with Crippen LogP contribution in [0.25, 0.3) is 82.8 Å². The Balaban J connectivity index is 1.10. The highest BCUT2D eigenvalue weighted by atomic mass is 15.2. The van der Waals surface area contributed by atoms with Crippen molar-refractivity contribution in [3.05, 3.63) is 295 Å². The van der Waals surface area contributed by atoms with Gasteiger partial charge in [-0.05, 0) is 70.5 Å². The van der Waals surface area contributed by atoms with E-state index in [1.54, 1.807) is 0 Å². The SMILES string of the molecule is CN(C/C(=C(\C=C/CCc1ccccc1)c1ccccc1)n1c2ccccc2c2ccc3c4ccccc4n(-c4ccccc4)c3c21)/C(=N\C(=N)c1ccc(-c2ccccc2)cc1)c1ccc(-c2ccccc2)cc1. The Kier molecular flexibility index (Phi) is 12.9. The normalized spacial score (nSPS) is 12.3. The molecule has 0 aliphatic heterocycles. The number of likely N-dealkylation sites (N-methyl/N-ethyl adjacent to an activating group) is 1. The topological polar surface area (TPSA) is 49.3 Å². The fourth-order valence-electron chi connectivity index (χ4n) is 10.7. The molecule has 12 aromatic rings. The van der Waals surface area contributed by atoms with Gasteiger partial charge in [-0.1, -0.05) is 249 Å². The van der Waals surface area contributed by atoms with Crippen LogP contribution in [0.1, 0.15) is 28.7 Å². The van der Waals surface area contributed by atoms with Crippen LogP contribution in [0.15, 0.2) is 278 Å². The molecule has 12 rings (SSSR count). The third-order valence-corrected chi connectivity index (χ3v) is 14.4. The zero-order valence-corrected chi connectivity index (χ0v) is 41.9. The number of nitrogens with zero attached hydrogens (tertiary/aromatic N) is 4. The number of fused-ring (bicyclic) bond motifs is 7. The lowest BCUT2D eigenvalue weighted by molar-refractivity contribution is 0.566. The molecular weight excluding hydrogens is 911 g/mol. The molecule has 10 aromatic carbocycles. The molecule has 0 saturated heterocycles. The first-order valence-corrected chi connectivity index (χ1v) is 25.8. The van der Waals surface area contributed by atoms with Gasteiger partial charge in [-0.3, -0.25) is 5.41 Å². The van der Waals surface area contributed by atoms with Gasteiger partial charge < -0.3 is 14.0 Å². The summed E-state index contributed by atoms with van der Waals surface area (Å²) in [5, 5.41) is 14.4. The van der Waals surface area contributed by atoms with Gasteiger partial charge in [0.2, 0.25) is 0 Å². The van der Waals surface area contributed by atoms with Crippen LogP contribution in [-0.4, -0.2) is 39.3 Å². The van der Waals surface area contributed by atoms with E-state index in [-0.39, 0.29) is 5.84 Å². The Labute approximate surface area is 438 Å². The largest absolute Gasteiger partial charge is 0.353 e. The lowest BCUT2D eigenvalue weighted by atomic mass is 10.0. The Morgan fingerprint density at radius 3 is 1.55 bits per heavy atom. The first-order valence-electron chi connectivity index (χ1n) is 25.8. The Morgan fingerprint density at radius 1 is 0.453 bits per heavy atom.